The second-order valence-electron chi connectivity index (χ2n) is 6.60. The molecule has 0 radical (unpaired) electrons. The smallest absolute Gasteiger partial charge is 0.119 e. The van der Waals surface area contributed by atoms with Crippen molar-refractivity contribution in [2.24, 2.45) is 0 Å². The largest absolute Gasteiger partial charge is 0.493 e. The SMILES string of the molecule is CSc1ccc(OCC[C@H](O)N2CCC(O)(c3cccnc3)CC2)cc1. The Morgan fingerprint density at radius 1 is 1.23 bits per heavy atom. The fourth-order valence-electron chi connectivity index (χ4n) is 3.26. The fraction of sp³-hybridized carbons (Fsp3) is 0.450. The van der Waals surface area contributed by atoms with E-state index in [1.165, 1.54) is 4.90 Å². The van der Waals surface area contributed by atoms with Gasteiger partial charge in [0.25, 0.3) is 0 Å². The van der Waals surface area contributed by atoms with Crippen molar-refractivity contribution in [3.63, 3.8) is 0 Å². The maximum Gasteiger partial charge on any atom is 0.119 e. The summed E-state index contributed by atoms with van der Waals surface area (Å²) in [5.74, 6) is 0.819. The van der Waals surface area contributed by atoms with Gasteiger partial charge in [-0.3, -0.25) is 9.88 Å². The molecule has 2 aromatic rings. The maximum atomic E-state index is 10.8. The van der Waals surface area contributed by atoms with Crippen LogP contribution in [0.25, 0.3) is 0 Å². The predicted molar refractivity (Wildman–Crippen MR) is 103 cm³/mol. The second kappa shape index (κ2) is 8.86. The van der Waals surface area contributed by atoms with Gasteiger partial charge in [0.2, 0.25) is 0 Å². The lowest BCUT2D eigenvalue weighted by atomic mass is 9.85. The fourth-order valence-corrected chi connectivity index (χ4v) is 3.66. The number of hydrogen-bond donors (Lipinski definition) is 2. The Kier molecular flexibility index (Phi) is 6.53. The molecule has 2 heterocycles. The standard InChI is InChI=1S/C20H26N2O3S/c1-26-18-6-4-17(5-7-18)25-14-8-19(23)22-12-9-20(24,10-13-22)16-3-2-11-21-15-16/h2-7,11,15,19,23-24H,8-10,12-14H2,1H3/t19-/m0/s1. The number of piperidine rings is 1. The van der Waals surface area contributed by atoms with Crippen LogP contribution in [0, 0.1) is 0 Å². The number of ether oxygens (including phenoxy) is 1. The number of aliphatic hydroxyl groups is 2. The molecule has 0 amide bonds. The van der Waals surface area contributed by atoms with Crippen LogP contribution in [0.3, 0.4) is 0 Å². The monoisotopic (exact) mass is 374 g/mol. The molecule has 1 aliphatic heterocycles. The zero-order chi connectivity index (χ0) is 18.4. The number of aromatic nitrogens is 1. The van der Waals surface area contributed by atoms with E-state index >= 15 is 0 Å². The molecule has 1 fully saturated rings. The number of benzene rings is 1. The lowest BCUT2D eigenvalue weighted by Gasteiger charge is -2.40. The lowest BCUT2D eigenvalue weighted by Crippen LogP contribution is -2.47. The molecule has 0 saturated carbocycles. The molecule has 26 heavy (non-hydrogen) atoms. The molecule has 0 aliphatic carbocycles. The van der Waals surface area contributed by atoms with E-state index in [2.05, 4.69) is 4.98 Å². The Morgan fingerprint density at radius 3 is 2.58 bits per heavy atom. The first kappa shape index (κ1) is 19.2. The zero-order valence-corrected chi connectivity index (χ0v) is 15.9. The van der Waals surface area contributed by atoms with Crippen LogP contribution in [-0.2, 0) is 5.60 Å². The van der Waals surface area contributed by atoms with Gasteiger partial charge < -0.3 is 14.9 Å². The summed E-state index contributed by atoms with van der Waals surface area (Å²) in [4.78, 5) is 7.30. The molecule has 0 spiro atoms. The lowest BCUT2D eigenvalue weighted by molar-refractivity contribution is -0.0820. The first-order chi connectivity index (χ1) is 12.6. The highest BCUT2D eigenvalue weighted by Crippen LogP contribution is 2.32. The number of hydrogen-bond acceptors (Lipinski definition) is 6. The molecule has 3 rings (SSSR count). The van der Waals surface area contributed by atoms with Gasteiger partial charge in [-0.15, -0.1) is 11.8 Å². The topological polar surface area (TPSA) is 65.8 Å². The van der Waals surface area contributed by atoms with Gasteiger partial charge >= 0.3 is 0 Å². The molecule has 1 aliphatic rings. The van der Waals surface area contributed by atoms with E-state index in [1.807, 2.05) is 47.6 Å². The molecule has 1 aromatic heterocycles. The van der Waals surface area contributed by atoms with Gasteiger partial charge in [0, 0.05) is 42.4 Å². The molecule has 2 N–H and O–H groups in total. The van der Waals surface area contributed by atoms with Crippen molar-refractivity contribution in [3.8, 4) is 5.75 Å². The molecule has 140 valence electrons. The quantitative estimate of drug-likeness (QED) is 0.727. The second-order valence-corrected chi connectivity index (χ2v) is 7.48. The van der Waals surface area contributed by atoms with Crippen LogP contribution in [0.5, 0.6) is 5.75 Å². The van der Waals surface area contributed by atoms with E-state index in [4.69, 9.17) is 4.74 Å². The zero-order valence-electron chi connectivity index (χ0n) is 15.0. The number of nitrogens with zero attached hydrogens (tertiary/aromatic N) is 2. The minimum absolute atomic E-state index is 0.461. The van der Waals surface area contributed by atoms with Crippen LogP contribution in [-0.4, -0.2) is 52.3 Å². The summed E-state index contributed by atoms with van der Waals surface area (Å²) in [5.41, 5.74) is 0.00572. The summed E-state index contributed by atoms with van der Waals surface area (Å²) < 4.78 is 5.72. The van der Waals surface area contributed by atoms with Crippen LogP contribution < -0.4 is 4.74 Å². The molecule has 0 bridgehead atoms. The molecule has 5 nitrogen and oxygen atoms in total. The van der Waals surface area contributed by atoms with Crippen LogP contribution >= 0.6 is 11.8 Å². The summed E-state index contributed by atoms with van der Waals surface area (Å²) in [6.07, 6.45) is 6.64. The van der Waals surface area contributed by atoms with Crippen molar-refractivity contribution in [2.45, 2.75) is 36.0 Å². The van der Waals surface area contributed by atoms with Gasteiger partial charge in [-0.1, -0.05) is 6.07 Å². The average molecular weight is 375 g/mol. The van der Waals surface area contributed by atoms with Crippen molar-refractivity contribution in [1.82, 2.24) is 9.88 Å². The third-order valence-electron chi connectivity index (χ3n) is 4.95. The number of thioether (sulfide) groups is 1. The molecule has 1 atom stereocenters. The molecule has 1 aromatic carbocycles. The minimum atomic E-state index is -0.847. The average Bonchev–Trinajstić information content (AvgIpc) is 2.69. The maximum absolute atomic E-state index is 10.8. The van der Waals surface area contributed by atoms with Gasteiger partial charge in [0.05, 0.1) is 12.2 Å². The number of pyridine rings is 1. The summed E-state index contributed by atoms with van der Waals surface area (Å²) in [6, 6.07) is 11.7. The van der Waals surface area contributed by atoms with Gasteiger partial charge in [0.1, 0.15) is 12.0 Å². The van der Waals surface area contributed by atoms with Crippen LogP contribution in [0.2, 0.25) is 0 Å². The van der Waals surface area contributed by atoms with Gasteiger partial charge in [-0.05, 0) is 49.4 Å². The van der Waals surface area contributed by atoms with E-state index in [0.29, 0.717) is 39.0 Å². The summed E-state index contributed by atoms with van der Waals surface area (Å²) >= 11 is 1.70. The van der Waals surface area contributed by atoms with E-state index in [9.17, 15) is 10.2 Å². The highest BCUT2D eigenvalue weighted by Gasteiger charge is 2.35. The van der Waals surface area contributed by atoms with Gasteiger partial charge in [0.15, 0.2) is 0 Å². The Bertz CT molecular complexity index is 673. The van der Waals surface area contributed by atoms with Crippen molar-refractivity contribution in [1.29, 1.82) is 0 Å². The minimum Gasteiger partial charge on any atom is -0.493 e. The summed E-state index contributed by atoms with van der Waals surface area (Å²) in [5, 5.41) is 21.3. The van der Waals surface area contributed by atoms with Crippen LogP contribution in [0.15, 0.2) is 53.7 Å². The van der Waals surface area contributed by atoms with Crippen molar-refractivity contribution in [3.05, 3.63) is 54.4 Å². The van der Waals surface area contributed by atoms with Crippen LogP contribution in [0.4, 0.5) is 0 Å². The van der Waals surface area contributed by atoms with E-state index < -0.39 is 11.8 Å². The number of likely N-dealkylation sites (tertiary alicyclic amines) is 1. The number of rotatable bonds is 7. The summed E-state index contributed by atoms with van der Waals surface area (Å²) in [7, 11) is 0. The van der Waals surface area contributed by atoms with E-state index in [0.717, 1.165) is 11.3 Å². The Hall–Kier alpha value is -1.60. The first-order valence-corrected chi connectivity index (χ1v) is 10.1. The summed E-state index contributed by atoms with van der Waals surface area (Å²) in [6.45, 7) is 1.76. The highest BCUT2D eigenvalue weighted by molar-refractivity contribution is 7.98. The van der Waals surface area contributed by atoms with Gasteiger partial charge in [-0.2, -0.15) is 0 Å². The molecule has 0 unspecified atom stereocenters. The normalized spacial score (nSPS) is 18.4. The van der Waals surface area contributed by atoms with E-state index in [-0.39, 0.29) is 0 Å². The predicted octanol–water partition coefficient (Wildman–Crippen LogP) is 2.87. The first-order valence-electron chi connectivity index (χ1n) is 8.92. The van der Waals surface area contributed by atoms with Crippen molar-refractivity contribution < 1.29 is 14.9 Å². The van der Waals surface area contributed by atoms with Crippen molar-refractivity contribution in [2.75, 3.05) is 26.0 Å². The van der Waals surface area contributed by atoms with E-state index in [1.54, 1.807) is 24.2 Å². The van der Waals surface area contributed by atoms with Gasteiger partial charge in [-0.25, -0.2) is 0 Å². The Morgan fingerprint density at radius 2 is 1.96 bits per heavy atom. The highest BCUT2D eigenvalue weighted by atomic mass is 32.2. The molecular weight excluding hydrogens is 348 g/mol. The third-order valence-corrected chi connectivity index (χ3v) is 5.69. The molecule has 1 saturated heterocycles. The molecular formula is C20H26N2O3S. The number of aliphatic hydroxyl groups excluding tert-OH is 1. The molecule has 6 heteroatoms. The van der Waals surface area contributed by atoms with Crippen LogP contribution in [0.1, 0.15) is 24.8 Å². The third kappa shape index (κ3) is 4.76. The Balaban J connectivity index is 1.44. The van der Waals surface area contributed by atoms with Crippen molar-refractivity contribution >= 4 is 11.8 Å². The Labute approximate surface area is 159 Å².